The molecule has 0 unspecified atom stereocenters. The van der Waals surface area contributed by atoms with Crippen LogP contribution in [0.15, 0.2) is 12.2 Å². The number of hydrogen-bond donors (Lipinski definition) is 0. The van der Waals surface area contributed by atoms with Crippen molar-refractivity contribution >= 4 is 0 Å². The van der Waals surface area contributed by atoms with Crippen LogP contribution < -0.4 is 0 Å². The van der Waals surface area contributed by atoms with E-state index in [1.807, 2.05) is 0 Å². The second kappa shape index (κ2) is 6.79. The zero-order valence-corrected chi connectivity index (χ0v) is 10.4. The number of rotatable bonds is 1. The highest BCUT2D eigenvalue weighted by Crippen LogP contribution is 2.24. The first-order valence-corrected chi connectivity index (χ1v) is 7.13. The highest BCUT2D eigenvalue weighted by molar-refractivity contribution is 5.18. The molecule has 0 aromatic carbocycles. The summed E-state index contributed by atoms with van der Waals surface area (Å²) in [4.78, 5) is 0. The molecule has 0 heterocycles. The molecule has 0 aliphatic heterocycles. The maximum absolute atomic E-state index is 3.42. The monoisotopic (exact) mass is 216 g/mol. The van der Waals surface area contributed by atoms with Gasteiger partial charge < -0.3 is 0 Å². The highest BCUT2D eigenvalue weighted by Gasteiger charge is 2.10. The normalized spacial score (nSPS) is 24.2. The van der Waals surface area contributed by atoms with Gasteiger partial charge in [0.1, 0.15) is 0 Å². The van der Waals surface area contributed by atoms with Gasteiger partial charge in [0.15, 0.2) is 0 Å². The van der Waals surface area contributed by atoms with Crippen LogP contribution >= 0.6 is 0 Å². The Morgan fingerprint density at radius 1 is 0.750 bits per heavy atom. The van der Waals surface area contributed by atoms with E-state index in [2.05, 4.69) is 24.0 Å². The van der Waals surface area contributed by atoms with Crippen LogP contribution in [0.5, 0.6) is 0 Å². The molecule has 2 fully saturated rings. The molecule has 0 radical (unpaired) electrons. The van der Waals surface area contributed by atoms with Gasteiger partial charge in [-0.05, 0) is 37.7 Å². The highest BCUT2D eigenvalue weighted by atomic mass is 14.1. The van der Waals surface area contributed by atoms with E-state index in [1.165, 1.54) is 64.2 Å². The lowest BCUT2D eigenvalue weighted by molar-refractivity contribution is 0.419. The number of hydrogen-bond acceptors (Lipinski definition) is 0. The van der Waals surface area contributed by atoms with Gasteiger partial charge in [-0.1, -0.05) is 56.4 Å². The molecule has 2 rings (SSSR count). The minimum atomic E-state index is 0.699. The molecular weight excluding hydrogens is 192 g/mol. The Balaban J connectivity index is 1.72. The van der Waals surface area contributed by atoms with Crippen LogP contribution in [0.3, 0.4) is 0 Å². The quantitative estimate of drug-likeness (QED) is 0.557. The summed E-state index contributed by atoms with van der Waals surface area (Å²) in [5, 5.41) is 0. The van der Waals surface area contributed by atoms with E-state index >= 15 is 0 Å². The predicted molar refractivity (Wildman–Crippen MR) is 70.1 cm³/mol. The summed E-state index contributed by atoms with van der Waals surface area (Å²) >= 11 is 0. The maximum atomic E-state index is 3.42. The minimum absolute atomic E-state index is 0.699. The molecule has 0 bridgehead atoms. The Hall–Kier alpha value is -0.700. The van der Waals surface area contributed by atoms with Crippen molar-refractivity contribution in [3.63, 3.8) is 0 Å². The lowest BCUT2D eigenvalue weighted by Crippen LogP contribution is -2.03. The Morgan fingerprint density at radius 2 is 1.38 bits per heavy atom. The molecule has 0 amide bonds. The van der Waals surface area contributed by atoms with Gasteiger partial charge in [-0.15, -0.1) is 0 Å². The van der Waals surface area contributed by atoms with Crippen molar-refractivity contribution in [2.75, 3.05) is 0 Å². The third-order valence-electron chi connectivity index (χ3n) is 3.99. The van der Waals surface area contributed by atoms with Gasteiger partial charge in [-0.2, -0.15) is 0 Å². The largest absolute Gasteiger partial charge is 0.0951 e. The van der Waals surface area contributed by atoms with Crippen molar-refractivity contribution in [1.82, 2.24) is 0 Å². The van der Waals surface area contributed by atoms with Gasteiger partial charge in [-0.25, -0.2) is 0 Å². The fourth-order valence-corrected chi connectivity index (χ4v) is 2.92. The first kappa shape index (κ1) is 11.8. The topological polar surface area (TPSA) is 0 Å². The van der Waals surface area contributed by atoms with Gasteiger partial charge >= 0.3 is 0 Å². The van der Waals surface area contributed by atoms with Crippen LogP contribution in [0.4, 0.5) is 0 Å². The van der Waals surface area contributed by atoms with Crippen molar-refractivity contribution in [3.8, 4) is 11.8 Å². The Morgan fingerprint density at radius 3 is 2.06 bits per heavy atom. The zero-order chi connectivity index (χ0) is 11.1. The standard InChI is InChI=1S/C16H24/c1-3-9-15(10-4-1)13-7-8-14-16-11-5-2-6-12-16/h7,13,15-16H,1-6,9-12H2/b13-7+. The molecule has 88 valence electrons. The van der Waals surface area contributed by atoms with Crippen LogP contribution in [-0.4, -0.2) is 0 Å². The van der Waals surface area contributed by atoms with Gasteiger partial charge in [0.25, 0.3) is 0 Å². The van der Waals surface area contributed by atoms with Crippen molar-refractivity contribution < 1.29 is 0 Å². The smallest absolute Gasteiger partial charge is 0.0206 e. The van der Waals surface area contributed by atoms with Gasteiger partial charge in [-0.3, -0.25) is 0 Å². The van der Waals surface area contributed by atoms with Gasteiger partial charge in [0.05, 0.1) is 0 Å². The summed E-state index contributed by atoms with van der Waals surface area (Å²) in [5.41, 5.74) is 0. The Bertz CT molecular complexity index is 264. The van der Waals surface area contributed by atoms with Crippen molar-refractivity contribution in [1.29, 1.82) is 0 Å². The van der Waals surface area contributed by atoms with Crippen LogP contribution in [0, 0.1) is 23.7 Å². The fraction of sp³-hybridized carbons (Fsp3) is 0.750. The third-order valence-corrected chi connectivity index (χ3v) is 3.99. The SMILES string of the molecule is C(#CC1CCCCC1)/C=C/C1CCCCC1. The molecule has 16 heavy (non-hydrogen) atoms. The van der Waals surface area contributed by atoms with E-state index in [9.17, 15) is 0 Å². The van der Waals surface area contributed by atoms with Crippen molar-refractivity contribution in [2.24, 2.45) is 11.8 Å². The van der Waals surface area contributed by atoms with E-state index in [1.54, 1.807) is 0 Å². The molecule has 0 N–H and O–H groups in total. The zero-order valence-electron chi connectivity index (χ0n) is 10.4. The van der Waals surface area contributed by atoms with E-state index in [0.29, 0.717) is 5.92 Å². The van der Waals surface area contributed by atoms with Crippen molar-refractivity contribution in [2.45, 2.75) is 64.2 Å². The van der Waals surface area contributed by atoms with E-state index < -0.39 is 0 Å². The second-order valence-corrected chi connectivity index (χ2v) is 5.38. The van der Waals surface area contributed by atoms with Crippen LogP contribution in [0.1, 0.15) is 64.2 Å². The fourth-order valence-electron chi connectivity index (χ4n) is 2.92. The summed E-state index contributed by atoms with van der Waals surface area (Å²) in [7, 11) is 0. The summed E-state index contributed by atoms with van der Waals surface area (Å²) in [6.45, 7) is 0. The lowest BCUT2D eigenvalue weighted by atomic mass is 9.88. The molecular formula is C16H24. The van der Waals surface area contributed by atoms with E-state index in [-0.39, 0.29) is 0 Å². The molecule has 2 saturated carbocycles. The molecule has 0 atom stereocenters. The molecule has 2 aliphatic carbocycles. The molecule has 0 saturated heterocycles. The lowest BCUT2D eigenvalue weighted by Gasteiger charge is -2.17. The molecule has 0 spiro atoms. The minimum Gasteiger partial charge on any atom is -0.0951 e. The van der Waals surface area contributed by atoms with Crippen molar-refractivity contribution in [3.05, 3.63) is 12.2 Å². The summed E-state index contributed by atoms with van der Waals surface area (Å²) < 4.78 is 0. The van der Waals surface area contributed by atoms with Crippen LogP contribution in [0.25, 0.3) is 0 Å². The maximum Gasteiger partial charge on any atom is 0.0206 e. The molecule has 0 aromatic heterocycles. The summed E-state index contributed by atoms with van der Waals surface area (Å²) in [6, 6.07) is 0. The average molecular weight is 216 g/mol. The van der Waals surface area contributed by atoms with Gasteiger partial charge in [0.2, 0.25) is 0 Å². The van der Waals surface area contributed by atoms with Gasteiger partial charge in [0, 0.05) is 5.92 Å². The number of allylic oxidation sites excluding steroid dienone is 2. The molecule has 0 nitrogen and oxygen atoms in total. The predicted octanol–water partition coefficient (Wildman–Crippen LogP) is 4.71. The van der Waals surface area contributed by atoms with E-state index in [0.717, 1.165) is 5.92 Å². The summed E-state index contributed by atoms with van der Waals surface area (Å²) in [6.07, 6.45) is 18.4. The molecule has 2 aliphatic rings. The molecule has 0 aromatic rings. The summed E-state index contributed by atoms with van der Waals surface area (Å²) in [5.74, 6) is 8.22. The van der Waals surface area contributed by atoms with E-state index in [4.69, 9.17) is 0 Å². The Labute approximate surface area is 101 Å². The molecule has 0 heteroatoms. The third kappa shape index (κ3) is 4.05. The first-order valence-electron chi connectivity index (χ1n) is 7.13. The Kier molecular flexibility index (Phi) is 5.00. The second-order valence-electron chi connectivity index (χ2n) is 5.38. The van der Waals surface area contributed by atoms with Crippen LogP contribution in [-0.2, 0) is 0 Å². The average Bonchev–Trinajstić information content (AvgIpc) is 2.37. The van der Waals surface area contributed by atoms with Crippen LogP contribution in [0.2, 0.25) is 0 Å². The first-order chi connectivity index (χ1) is 7.95.